The quantitative estimate of drug-likeness (QED) is 0.0698. The summed E-state index contributed by atoms with van der Waals surface area (Å²) >= 11 is 0. The average molecular weight is 662 g/mol. The second-order valence-corrected chi connectivity index (χ2v) is 16.8. The molecule has 0 bridgehead atoms. The summed E-state index contributed by atoms with van der Waals surface area (Å²) in [6.07, 6.45) is 46.9. The highest BCUT2D eigenvalue weighted by molar-refractivity contribution is 4.95. The molecule has 47 heavy (non-hydrogen) atoms. The number of hydrogen-bond donors (Lipinski definition) is 1. The lowest BCUT2D eigenvalue weighted by molar-refractivity contribution is -0.191. The van der Waals surface area contributed by atoms with Crippen LogP contribution in [0, 0.1) is 11.8 Å². The predicted molar refractivity (Wildman–Crippen MR) is 207 cm³/mol. The van der Waals surface area contributed by atoms with Crippen molar-refractivity contribution in [3.8, 4) is 0 Å². The molecule has 0 spiro atoms. The summed E-state index contributed by atoms with van der Waals surface area (Å²) < 4.78 is 13.4. The van der Waals surface area contributed by atoms with Gasteiger partial charge in [0.2, 0.25) is 0 Å². The molecular weight excluding hydrogens is 574 g/mol. The van der Waals surface area contributed by atoms with Gasteiger partial charge >= 0.3 is 0 Å². The maximum atomic E-state index is 6.70. The molecule has 0 aromatic rings. The first kappa shape index (κ1) is 43.0. The van der Waals surface area contributed by atoms with Gasteiger partial charge < -0.3 is 15.2 Å². The molecule has 4 atom stereocenters. The summed E-state index contributed by atoms with van der Waals surface area (Å²) in [5, 5.41) is 0. The fourth-order valence-electron chi connectivity index (χ4n) is 8.56. The van der Waals surface area contributed by atoms with Gasteiger partial charge in [-0.1, -0.05) is 207 Å². The lowest BCUT2D eigenvalue weighted by Gasteiger charge is -2.30. The Balaban J connectivity index is 1.46. The maximum absolute atomic E-state index is 6.70. The summed E-state index contributed by atoms with van der Waals surface area (Å²) in [4.78, 5) is 0. The molecular formula is C44H87NO2. The molecule has 1 heterocycles. The van der Waals surface area contributed by atoms with E-state index in [4.69, 9.17) is 15.2 Å². The summed E-state index contributed by atoms with van der Waals surface area (Å²) in [7, 11) is 0. The van der Waals surface area contributed by atoms with Gasteiger partial charge in [0.25, 0.3) is 0 Å². The number of rotatable bonds is 34. The average Bonchev–Trinajstić information content (AvgIpc) is 3.56. The van der Waals surface area contributed by atoms with Crippen LogP contribution in [0.4, 0.5) is 0 Å². The lowest BCUT2D eigenvalue weighted by atomic mass is 9.96. The Morgan fingerprint density at radius 3 is 1.04 bits per heavy atom. The minimum Gasteiger partial charge on any atom is -0.344 e. The van der Waals surface area contributed by atoms with Gasteiger partial charge in [-0.2, -0.15) is 0 Å². The number of unbranched alkanes of at least 4 members (excludes halogenated alkanes) is 22. The van der Waals surface area contributed by atoms with Crippen LogP contribution in [0.15, 0.2) is 0 Å². The zero-order chi connectivity index (χ0) is 33.8. The molecule has 1 saturated carbocycles. The SMILES string of the molecule is CCCCCCC(C)CCCCCCCCCCCC1(CCCCCCCCCCCC(C)CCCCCC)OC2CC(N)CC2O1. The smallest absolute Gasteiger partial charge is 0.169 e. The van der Waals surface area contributed by atoms with E-state index in [1.807, 2.05) is 0 Å². The highest BCUT2D eigenvalue weighted by Crippen LogP contribution is 2.43. The van der Waals surface area contributed by atoms with Crippen LogP contribution < -0.4 is 5.73 Å². The van der Waals surface area contributed by atoms with E-state index < -0.39 is 0 Å². The van der Waals surface area contributed by atoms with Gasteiger partial charge in [-0.05, 0) is 37.5 Å². The third kappa shape index (κ3) is 21.6. The monoisotopic (exact) mass is 662 g/mol. The van der Waals surface area contributed by atoms with Crippen molar-refractivity contribution in [1.29, 1.82) is 0 Å². The summed E-state index contributed by atoms with van der Waals surface area (Å²) in [6, 6.07) is 0.265. The zero-order valence-corrected chi connectivity index (χ0v) is 32.8. The molecule has 2 aliphatic rings. The third-order valence-corrected chi connectivity index (χ3v) is 11.8. The highest BCUT2D eigenvalue weighted by atomic mass is 16.8. The second kappa shape index (κ2) is 28.6. The first-order valence-corrected chi connectivity index (χ1v) is 22.1. The van der Waals surface area contributed by atoms with E-state index in [1.54, 1.807) is 0 Å². The van der Waals surface area contributed by atoms with E-state index in [-0.39, 0.29) is 24.0 Å². The van der Waals surface area contributed by atoms with Crippen molar-refractivity contribution in [3.63, 3.8) is 0 Å². The van der Waals surface area contributed by atoms with Gasteiger partial charge in [0.05, 0.1) is 12.2 Å². The van der Waals surface area contributed by atoms with Gasteiger partial charge in [0.1, 0.15) is 0 Å². The molecule has 0 amide bonds. The van der Waals surface area contributed by atoms with Gasteiger partial charge in [0.15, 0.2) is 5.79 Å². The molecule has 0 aromatic heterocycles. The van der Waals surface area contributed by atoms with Crippen LogP contribution in [-0.4, -0.2) is 24.0 Å². The number of fused-ring (bicyclic) bond motifs is 1. The van der Waals surface area contributed by atoms with Gasteiger partial charge in [-0.3, -0.25) is 0 Å². The van der Waals surface area contributed by atoms with Crippen LogP contribution in [0.25, 0.3) is 0 Å². The van der Waals surface area contributed by atoms with Crippen molar-refractivity contribution in [3.05, 3.63) is 0 Å². The second-order valence-electron chi connectivity index (χ2n) is 16.8. The van der Waals surface area contributed by atoms with E-state index in [2.05, 4.69) is 27.7 Å². The van der Waals surface area contributed by atoms with Crippen LogP contribution in [0.2, 0.25) is 0 Å². The zero-order valence-electron chi connectivity index (χ0n) is 32.8. The molecule has 0 aromatic carbocycles. The van der Waals surface area contributed by atoms with Crippen LogP contribution in [0.5, 0.6) is 0 Å². The number of nitrogens with two attached hydrogens (primary N) is 1. The molecule has 3 heteroatoms. The Hall–Kier alpha value is -0.120. The first-order valence-electron chi connectivity index (χ1n) is 22.1. The predicted octanol–water partition coefficient (Wildman–Crippen LogP) is 14.4. The Morgan fingerprint density at radius 2 is 0.723 bits per heavy atom. The maximum Gasteiger partial charge on any atom is 0.169 e. The molecule has 1 aliphatic carbocycles. The van der Waals surface area contributed by atoms with Crippen molar-refractivity contribution in [2.75, 3.05) is 0 Å². The van der Waals surface area contributed by atoms with Gasteiger partial charge in [-0.25, -0.2) is 0 Å². The largest absolute Gasteiger partial charge is 0.344 e. The molecule has 2 fully saturated rings. The molecule has 3 nitrogen and oxygen atoms in total. The van der Waals surface area contributed by atoms with Crippen molar-refractivity contribution in [2.45, 2.75) is 270 Å². The van der Waals surface area contributed by atoms with E-state index in [1.165, 1.54) is 193 Å². The molecule has 1 aliphatic heterocycles. The minimum atomic E-state index is -0.310. The van der Waals surface area contributed by atoms with Gasteiger partial charge in [-0.15, -0.1) is 0 Å². The molecule has 0 radical (unpaired) electrons. The fourth-order valence-corrected chi connectivity index (χ4v) is 8.56. The first-order chi connectivity index (χ1) is 23.0. The standard InChI is InChI=1S/C44H87NO2/c1-5-7-9-25-31-39(3)33-27-21-17-13-11-15-19-23-29-35-44(46-42-37-41(45)38-43(42)47-44)36-30-24-20-16-12-14-18-22-28-34-40(4)32-26-10-8-6-2/h39-43H,5-38,45H2,1-4H3. The molecule has 4 unspecified atom stereocenters. The van der Waals surface area contributed by atoms with Crippen molar-refractivity contribution < 1.29 is 9.47 Å². The highest BCUT2D eigenvalue weighted by Gasteiger charge is 2.50. The van der Waals surface area contributed by atoms with Crippen LogP contribution in [-0.2, 0) is 9.47 Å². The summed E-state index contributed by atoms with van der Waals surface area (Å²) in [6.45, 7) is 9.56. The van der Waals surface area contributed by atoms with Crippen LogP contribution in [0.1, 0.15) is 246 Å². The Bertz CT molecular complexity index is 626. The summed E-state index contributed by atoms with van der Waals surface area (Å²) in [5.74, 6) is 1.57. The molecule has 2 rings (SSSR count). The van der Waals surface area contributed by atoms with E-state index in [9.17, 15) is 0 Å². The van der Waals surface area contributed by atoms with E-state index in [0.29, 0.717) is 0 Å². The summed E-state index contributed by atoms with van der Waals surface area (Å²) in [5.41, 5.74) is 6.25. The van der Waals surface area contributed by atoms with Gasteiger partial charge in [0, 0.05) is 18.9 Å². The van der Waals surface area contributed by atoms with Crippen molar-refractivity contribution in [2.24, 2.45) is 17.6 Å². The number of hydrogen-bond acceptors (Lipinski definition) is 3. The normalized spacial score (nSPS) is 23.8. The Kier molecular flexibility index (Phi) is 26.2. The van der Waals surface area contributed by atoms with Crippen molar-refractivity contribution >= 4 is 0 Å². The van der Waals surface area contributed by atoms with E-state index >= 15 is 0 Å². The molecule has 280 valence electrons. The third-order valence-electron chi connectivity index (χ3n) is 11.8. The Morgan fingerprint density at radius 1 is 0.447 bits per heavy atom. The Labute approximate surface area is 296 Å². The fraction of sp³-hybridized carbons (Fsp3) is 1.00. The van der Waals surface area contributed by atoms with Crippen LogP contribution >= 0.6 is 0 Å². The lowest BCUT2D eigenvalue weighted by Crippen LogP contribution is -2.33. The van der Waals surface area contributed by atoms with Crippen LogP contribution in [0.3, 0.4) is 0 Å². The topological polar surface area (TPSA) is 44.5 Å². The molecule has 2 N–H and O–H groups in total. The molecule has 1 saturated heterocycles. The van der Waals surface area contributed by atoms with E-state index in [0.717, 1.165) is 37.5 Å². The van der Waals surface area contributed by atoms with Crippen molar-refractivity contribution in [1.82, 2.24) is 0 Å². The minimum absolute atomic E-state index is 0.248. The number of ether oxygens (including phenoxy) is 2.